The Morgan fingerprint density at radius 1 is 1.41 bits per heavy atom. The predicted molar refractivity (Wildman–Crippen MR) is 84.8 cm³/mol. The van der Waals surface area contributed by atoms with E-state index in [9.17, 15) is 4.79 Å². The lowest BCUT2D eigenvalue weighted by Gasteiger charge is -2.54. The van der Waals surface area contributed by atoms with Gasteiger partial charge in [0.2, 0.25) is 5.91 Å². The summed E-state index contributed by atoms with van der Waals surface area (Å²) >= 11 is 0. The van der Waals surface area contributed by atoms with Gasteiger partial charge in [-0.25, -0.2) is 0 Å². The van der Waals surface area contributed by atoms with Crippen molar-refractivity contribution in [1.29, 1.82) is 0 Å². The number of aliphatic imine (C=N–C) groups is 1. The summed E-state index contributed by atoms with van der Waals surface area (Å²) in [5.41, 5.74) is 0.0828. The third-order valence-electron chi connectivity index (χ3n) is 4.66. The lowest BCUT2D eigenvalue weighted by molar-refractivity contribution is -0.120. The number of ether oxygens (including phenoxy) is 2. The minimum atomic E-state index is -0.0741. The standard InChI is InChI=1S/C15H28N4O3/c1-15(2)12(10-5-7-22-13(10)15)19-14(16-3)18-9-11(20)17-6-8-21-4/h10,12-13H,5-9H2,1-4H3,(H,17,20)(H2,16,18,19). The van der Waals surface area contributed by atoms with Crippen molar-refractivity contribution >= 4 is 11.9 Å². The monoisotopic (exact) mass is 312 g/mol. The average molecular weight is 312 g/mol. The van der Waals surface area contributed by atoms with Gasteiger partial charge in [-0.15, -0.1) is 0 Å². The maximum atomic E-state index is 11.7. The molecule has 2 rings (SSSR count). The number of guanidine groups is 1. The summed E-state index contributed by atoms with van der Waals surface area (Å²) in [7, 11) is 3.32. The van der Waals surface area contributed by atoms with E-state index in [1.165, 1.54) is 0 Å². The molecule has 3 N–H and O–H groups in total. The molecule has 0 radical (unpaired) electrons. The lowest BCUT2D eigenvalue weighted by atomic mass is 9.57. The van der Waals surface area contributed by atoms with E-state index in [4.69, 9.17) is 9.47 Å². The van der Waals surface area contributed by atoms with Crippen molar-refractivity contribution in [3.8, 4) is 0 Å². The smallest absolute Gasteiger partial charge is 0.239 e. The number of nitrogens with one attached hydrogen (secondary N) is 3. The Bertz CT molecular complexity index is 425. The highest BCUT2D eigenvalue weighted by Crippen LogP contribution is 2.51. The van der Waals surface area contributed by atoms with Gasteiger partial charge in [0.25, 0.3) is 0 Å². The van der Waals surface area contributed by atoms with Crippen LogP contribution in [0.3, 0.4) is 0 Å². The molecule has 1 heterocycles. The highest BCUT2D eigenvalue weighted by Gasteiger charge is 2.59. The Hall–Kier alpha value is -1.34. The Morgan fingerprint density at radius 3 is 2.86 bits per heavy atom. The largest absolute Gasteiger partial charge is 0.383 e. The summed E-state index contributed by atoms with van der Waals surface area (Å²) < 4.78 is 10.7. The molecule has 22 heavy (non-hydrogen) atoms. The topological polar surface area (TPSA) is 84.0 Å². The van der Waals surface area contributed by atoms with E-state index in [1.54, 1.807) is 14.2 Å². The molecule has 1 amide bonds. The predicted octanol–water partition coefficient (Wildman–Crippen LogP) is -0.272. The summed E-state index contributed by atoms with van der Waals surface area (Å²) in [5, 5.41) is 9.27. The first kappa shape index (κ1) is 17.0. The number of rotatable bonds is 6. The van der Waals surface area contributed by atoms with Crippen molar-refractivity contribution in [3.05, 3.63) is 0 Å². The van der Waals surface area contributed by atoms with Crippen molar-refractivity contribution in [2.45, 2.75) is 32.4 Å². The molecule has 1 saturated heterocycles. The SMILES string of the molecule is CN=C(NCC(=O)NCCOC)NC1C2CCOC2C1(C)C. The minimum absolute atomic E-state index is 0.0741. The summed E-state index contributed by atoms with van der Waals surface area (Å²) in [6, 6.07) is 0.322. The van der Waals surface area contributed by atoms with Crippen molar-refractivity contribution in [3.63, 3.8) is 0 Å². The Kier molecular flexibility index (Phi) is 5.63. The number of hydrogen-bond acceptors (Lipinski definition) is 4. The van der Waals surface area contributed by atoms with Crippen LogP contribution in [0.25, 0.3) is 0 Å². The van der Waals surface area contributed by atoms with E-state index in [0.717, 1.165) is 13.0 Å². The van der Waals surface area contributed by atoms with Gasteiger partial charge in [-0.05, 0) is 6.42 Å². The second-order valence-corrected chi connectivity index (χ2v) is 6.46. The number of hydrogen-bond donors (Lipinski definition) is 3. The maximum absolute atomic E-state index is 11.7. The summed E-state index contributed by atoms with van der Waals surface area (Å²) in [6.07, 6.45) is 1.42. The van der Waals surface area contributed by atoms with Crippen LogP contribution in [-0.2, 0) is 14.3 Å². The van der Waals surface area contributed by atoms with Gasteiger partial charge in [-0.1, -0.05) is 13.8 Å². The molecule has 0 spiro atoms. The second-order valence-electron chi connectivity index (χ2n) is 6.46. The van der Waals surface area contributed by atoms with Crippen LogP contribution in [0.5, 0.6) is 0 Å². The molecule has 0 aromatic rings. The highest BCUT2D eigenvalue weighted by molar-refractivity contribution is 5.86. The molecule has 0 aromatic carbocycles. The van der Waals surface area contributed by atoms with Crippen molar-refractivity contribution < 1.29 is 14.3 Å². The molecule has 2 fully saturated rings. The minimum Gasteiger partial charge on any atom is -0.383 e. The van der Waals surface area contributed by atoms with Crippen LogP contribution in [0.4, 0.5) is 0 Å². The zero-order chi connectivity index (χ0) is 16.2. The molecule has 126 valence electrons. The fourth-order valence-electron chi connectivity index (χ4n) is 3.48. The van der Waals surface area contributed by atoms with Gasteiger partial charge in [0.1, 0.15) is 0 Å². The van der Waals surface area contributed by atoms with Crippen LogP contribution >= 0.6 is 0 Å². The van der Waals surface area contributed by atoms with E-state index >= 15 is 0 Å². The second kappa shape index (κ2) is 7.28. The van der Waals surface area contributed by atoms with E-state index < -0.39 is 0 Å². The summed E-state index contributed by atoms with van der Waals surface area (Å²) in [5.74, 6) is 1.12. The Labute approximate surface area is 132 Å². The Balaban J connectivity index is 1.77. The third-order valence-corrected chi connectivity index (χ3v) is 4.66. The third kappa shape index (κ3) is 3.52. The first-order valence-electron chi connectivity index (χ1n) is 7.85. The molecule has 0 bridgehead atoms. The van der Waals surface area contributed by atoms with Crippen LogP contribution in [0.15, 0.2) is 4.99 Å². The fourth-order valence-corrected chi connectivity index (χ4v) is 3.48. The van der Waals surface area contributed by atoms with Crippen molar-refractivity contribution in [2.75, 3.05) is 40.5 Å². The quantitative estimate of drug-likeness (QED) is 0.357. The molecule has 1 saturated carbocycles. The molecule has 2 aliphatic rings. The van der Waals surface area contributed by atoms with Crippen molar-refractivity contribution in [2.24, 2.45) is 16.3 Å². The molecular formula is C15H28N4O3. The van der Waals surface area contributed by atoms with Gasteiger partial charge < -0.3 is 25.4 Å². The number of carbonyl (C=O) groups is 1. The maximum Gasteiger partial charge on any atom is 0.239 e. The highest BCUT2D eigenvalue weighted by atomic mass is 16.5. The molecular weight excluding hydrogens is 284 g/mol. The molecule has 1 aliphatic carbocycles. The van der Waals surface area contributed by atoms with E-state index in [1.807, 2.05) is 0 Å². The lowest BCUT2D eigenvalue weighted by Crippen LogP contribution is -2.68. The van der Waals surface area contributed by atoms with E-state index in [-0.39, 0.29) is 17.9 Å². The van der Waals surface area contributed by atoms with Gasteiger partial charge in [-0.2, -0.15) is 0 Å². The van der Waals surface area contributed by atoms with Crippen LogP contribution in [0.1, 0.15) is 20.3 Å². The van der Waals surface area contributed by atoms with Crippen LogP contribution in [-0.4, -0.2) is 64.5 Å². The van der Waals surface area contributed by atoms with Crippen molar-refractivity contribution in [1.82, 2.24) is 16.0 Å². The first-order chi connectivity index (χ1) is 10.5. The van der Waals surface area contributed by atoms with Gasteiger partial charge in [0.05, 0.1) is 19.3 Å². The fraction of sp³-hybridized carbons (Fsp3) is 0.867. The molecule has 7 heteroatoms. The zero-order valence-corrected chi connectivity index (χ0v) is 13.9. The number of carbonyl (C=O) groups excluding carboxylic acids is 1. The van der Waals surface area contributed by atoms with Crippen LogP contribution < -0.4 is 16.0 Å². The number of amides is 1. The zero-order valence-electron chi connectivity index (χ0n) is 13.9. The van der Waals surface area contributed by atoms with Gasteiger partial charge >= 0.3 is 0 Å². The number of fused-ring (bicyclic) bond motifs is 1. The molecule has 7 nitrogen and oxygen atoms in total. The summed E-state index contributed by atoms with van der Waals surface area (Å²) in [6.45, 7) is 6.48. The van der Waals surface area contributed by atoms with Gasteiger partial charge in [-0.3, -0.25) is 9.79 Å². The molecule has 3 atom stereocenters. The number of nitrogens with zero attached hydrogens (tertiary/aromatic N) is 1. The first-order valence-corrected chi connectivity index (χ1v) is 7.85. The molecule has 3 unspecified atom stereocenters. The van der Waals surface area contributed by atoms with Gasteiger partial charge in [0, 0.05) is 44.7 Å². The molecule has 1 aliphatic heterocycles. The number of methoxy groups -OCH3 is 1. The summed E-state index contributed by atoms with van der Waals surface area (Å²) in [4.78, 5) is 15.9. The Morgan fingerprint density at radius 2 is 2.18 bits per heavy atom. The van der Waals surface area contributed by atoms with Crippen LogP contribution in [0.2, 0.25) is 0 Å². The van der Waals surface area contributed by atoms with Gasteiger partial charge in [0.15, 0.2) is 5.96 Å². The molecule has 0 aromatic heterocycles. The van der Waals surface area contributed by atoms with E-state index in [2.05, 4.69) is 34.8 Å². The normalized spacial score (nSPS) is 29.5. The average Bonchev–Trinajstić information content (AvgIpc) is 2.94. The van der Waals surface area contributed by atoms with Crippen LogP contribution in [0, 0.1) is 11.3 Å². The van der Waals surface area contributed by atoms with E-state index in [0.29, 0.717) is 37.2 Å².